The second-order valence-electron chi connectivity index (χ2n) is 9.54. The fraction of sp³-hybridized carbons (Fsp3) is 0.387. The van der Waals surface area contributed by atoms with E-state index in [-0.39, 0.29) is 17.5 Å². The number of carbonyl (C=O) groups is 1. The van der Waals surface area contributed by atoms with Gasteiger partial charge in [-0.15, -0.1) is 0 Å². The summed E-state index contributed by atoms with van der Waals surface area (Å²) in [4.78, 5) is 15.5. The number of nitrogens with zero attached hydrogens (tertiary/aromatic N) is 1. The quantitative estimate of drug-likeness (QED) is 0.292. The third kappa shape index (κ3) is 8.28. The van der Waals surface area contributed by atoms with Crippen molar-refractivity contribution < 1.29 is 23.7 Å². The number of nitrogens with one attached hydrogen (secondary N) is 1. The predicted molar refractivity (Wildman–Crippen MR) is 153 cm³/mol. The van der Waals surface area contributed by atoms with Crippen LogP contribution in [-0.4, -0.2) is 51.2 Å². The molecule has 0 spiro atoms. The first-order valence-corrected chi connectivity index (χ1v) is 13.8. The minimum atomic E-state index is -0.231. The van der Waals surface area contributed by atoms with Crippen LogP contribution in [0.2, 0.25) is 5.02 Å². The van der Waals surface area contributed by atoms with Gasteiger partial charge in [0.15, 0.2) is 11.5 Å². The molecule has 1 fully saturated rings. The number of rotatable bonds is 12. The second kappa shape index (κ2) is 14.7. The van der Waals surface area contributed by atoms with Gasteiger partial charge in [-0.25, -0.2) is 0 Å². The summed E-state index contributed by atoms with van der Waals surface area (Å²) in [7, 11) is 3.26. The summed E-state index contributed by atoms with van der Waals surface area (Å²) in [6.45, 7) is 4.11. The van der Waals surface area contributed by atoms with Gasteiger partial charge in [0, 0.05) is 13.1 Å². The zero-order valence-electron chi connectivity index (χ0n) is 22.7. The molecular weight excluding hydrogens is 516 g/mol. The lowest BCUT2D eigenvalue weighted by Crippen LogP contribution is -2.35. The molecule has 3 aromatic rings. The fourth-order valence-electron chi connectivity index (χ4n) is 4.50. The average Bonchev–Trinajstić information content (AvgIpc) is 3.25. The van der Waals surface area contributed by atoms with E-state index >= 15 is 0 Å². The molecule has 1 aliphatic heterocycles. The molecule has 7 nitrogen and oxygen atoms in total. The Kier molecular flexibility index (Phi) is 10.7. The van der Waals surface area contributed by atoms with Crippen LogP contribution < -0.4 is 24.3 Å². The first-order chi connectivity index (χ1) is 19.1. The standard InChI is InChI=1S/C31H37ClN2O5/c1-36-25-11-7-23(8-12-25)21-38-28-16-15-27(31(35)33-17-20-34-18-5-3-4-6-19-34)29(32)30(28)39-22-24-9-13-26(37-2)14-10-24/h7-16H,3-6,17-22H2,1-2H3,(H,33,35). The van der Waals surface area contributed by atoms with Gasteiger partial charge in [0.2, 0.25) is 0 Å². The summed E-state index contributed by atoms with van der Waals surface area (Å²) >= 11 is 6.78. The molecule has 4 rings (SSSR count). The molecule has 208 valence electrons. The van der Waals surface area contributed by atoms with Crippen molar-refractivity contribution in [2.45, 2.75) is 38.9 Å². The minimum absolute atomic E-state index is 0.225. The van der Waals surface area contributed by atoms with Crippen LogP contribution in [0.5, 0.6) is 23.0 Å². The van der Waals surface area contributed by atoms with E-state index in [9.17, 15) is 4.79 Å². The van der Waals surface area contributed by atoms with Gasteiger partial charge < -0.3 is 29.2 Å². The Bertz CT molecular complexity index is 1190. The highest BCUT2D eigenvalue weighted by atomic mass is 35.5. The third-order valence-electron chi connectivity index (χ3n) is 6.81. The van der Waals surface area contributed by atoms with Crippen LogP contribution in [0.1, 0.15) is 47.2 Å². The van der Waals surface area contributed by atoms with Crippen LogP contribution in [0.3, 0.4) is 0 Å². The first kappa shape index (κ1) is 28.6. The van der Waals surface area contributed by atoms with Crippen LogP contribution in [0.25, 0.3) is 0 Å². The lowest BCUT2D eigenvalue weighted by Gasteiger charge is -2.20. The maximum Gasteiger partial charge on any atom is 0.252 e. The summed E-state index contributed by atoms with van der Waals surface area (Å²) in [5, 5.41) is 3.25. The Morgan fingerprint density at radius 1 is 0.795 bits per heavy atom. The smallest absolute Gasteiger partial charge is 0.252 e. The highest BCUT2D eigenvalue weighted by Gasteiger charge is 2.20. The number of ether oxygens (including phenoxy) is 4. The molecule has 1 aliphatic rings. The summed E-state index contributed by atoms with van der Waals surface area (Å²) < 4.78 is 22.7. The zero-order chi connectivity index (χ0) is 27.5. The number of halogens is 1. The Morgan fingerprint density at radius 3 is 1.92 bits per heavy atom. The van der Waals surface area contributed by atoms with Crippen molar-refractivity contribution in [1.82, 2.24) is 10.2 Å². The van der Waals surface area contributed by atoms with Gasteiger partial charge in [-0.3, -0.25) is 4.79 Å². The van der Waals surface area contributed by atoms with Crippen molar-refractivity contribution in [2.75, 3.05) is 40.4 Å². The Hall–Kier alpha value is -3.42. The van der Waals surface area contributed by atoms with Crippen molar-refractivity contribution in [3.05, 3.63) is 82.4 Å². The molecule has 0 bridgehead atoms. The zero-order valence-corrected chi connectivity index (χ0v) is 23.5. The van der Waals surface area contributed by atoms with Crippen LogP contribution in [0.15, 0.2) is 60.7 Å². The number of hydrogen-bond donors (Lipinski definition) is 1. The highest BCUT2D eigenvalue weighted by molar-refractivity contribution is 6.35. The lowest BCUT2D eigenvalue weighted by molar-refractivity contribution is 0.0948. The molecule has 1 heterocycles. The number of likely N-dealkylation sites (tertiary alicyclic amines) is 1. The molecule has 0 aromatic heterocycles. The number of carbonyl (C=O) groups excluding carboxylic acids is 1. The average molecular weight is 553 g/mol. The minimum Gasteiger partial charge on any atom is -0.497 e. The first-order valence-electron chi connectivity index (χ1n) is 13.4. The molecular formula is C31H37ClN2O5. The number of benzene rings is 3. The van der Waals surface area contributed by atoms with Crippen molar-refractivity contribution in [3.8, 4) is 23.0 Å². The normalized spacial score (nSPS) is 13.8. The van der Waals surface area contributed by atoms with E-state index in [1.54, 1.807) is 26.4 Å². The van der Waals surface area contributed by atoms with Crippen molar-refractivity contribution >= 4 is 17.5 Å². The van der Waals surface area contributed by atoms with E-state index in [4.69, 9.17) is 30.5 Å². The van der Waals surface area contributed by atoms with Crippen LogP contribution in [0, 0.1) is 0 Å². The second-order valence-corrected chi connectivity index (χ2v) is 9.92. The molecule has 0 saturated carbocycles. The molecule has 8 heteroatoms. The number of hydrogen-bond acceptors (Lipinski definition) is 6. The lowest BCUT2D eigenvalue weighted by atomic mass is 10.1. The number of amides is 1. The van der Waals surface area contributed by atoms with Gasteiger partial charge in [0.05, 0.1) is 24.8 Å². The largest absolute Gasteiger partial charge is 0.497 e. The molecule has 0 aliphatic carbocycles. The van der Waals surface area contributed by atoms with E-state index in [0.29, 0.717) is 30.2 Å². The molecule has 0 unspecified atom stereocenters. The molecule has 0 atom stereocenters. The Balaban J connectivity index is 1.47. The SMILES string of the molecule is COc1ccc(COc2ccc(C(=O)NCCN3CCCCCC3)c(Cl)c2OCc2ccc(OC)cc2)cc1. The third-order valence-corrected chi connectivity index (χ3v) is 7.19. The van der Waals surface area contributed by atoms with Gasteiger partial charge >= 0.3 is 0 Å². The van der Waals surface area contributed by atoms with Crippen molar-refractivity contribution in [1.29, 1.82) is 0 Å². The van der Waals surface area contributed by atoms with E-state index < -0.39 is 0 Å². The molecule has 3 aromatic carbocycles. The molecule has 39 heavy (non-hydrogen) atoms. The van der Waals surface area contributed by atoms with Gasteiger partial charge in [-0.05, 0) is 73.5 Å². The Labute approximate surface area is 236 Å². The molecule has 1 amide bonds. The summed E-state index contributed by atoms with van der Waals surface area (Å²) in [6, 6.07) is 18.6. The van der Waals surface area contributed by atoms with Crippen molar-refractivity contribution in [2.24, 2.45) is 0 Å². The Morgan fingerprint density at radius 2 is 1.36 bits per heavy atom. The van der Waals surface area contributed by atoms with E-state index in [2.05, 4.69) is 10.2 Å². The monoisotopic (exact) mass is 552 g/mol. The number of methoxy groups -OCH3 is 2. The maximum absolute atomic E-state index is 13.1. The fourth-order valence-corrected chi connectivity index (χ4v) is 4.80. The van der Waals surface area contributed by atoms with Crippen LogP contribution in [-0.2, 0) is 13.2 Å². The summed E-state index contributed by atoms with van der Waals surface area (Å²) in [5.41, 5.74) is 2.25. The topological polar surface area (TPSA) is 69.3 Å². The van der Waals surface area contributed by atoms with E-state index in [1.165, 1.54) is 25.7 Å². The van der Waals surface area contributed by atoms with Gasteiger partial charge in [-0.1, -0.05) is 48.7 Å². The van der Waals surface area contributed by atoms with Gasteiger partial charge in [0.1, 0.15) is 24.7 Å². The van der Waals surface area contributed by atoms with Crippen LogP contribution >= 0.6 is 11.6 Å². The maximum atomic E-state index is 13.1. The van der Waals surface area contributed by atoms with E-state index in [1.807, 2.05) is 48.5 Å². The predicted octanol–water partition coefficient (Wildman–Crippen LogP) is 6.12. The molecule has 0 radical (unpaired) electrons. The molecule has 1 saturated heterocycles. The van der Waals surface area contributed by atoms with Gasteiger partial charge in [0.25, 0.3) is 5.91 Å². The van der Waals surface area contributed by atoms with Gasteiger partial charge in [-0.2, -0.15) is 0 Å². The van der Waals surface area contributed by atoms with Crippen molar-refractivity contribution in [3.63, 3.8) is 0 Å². The molecule has 1 N–H and O–H groups in total. The van der Waals surface area contributed by atoms with Crippen LogP contribution in [0.4, 0.5) is 0 Å². The van der Waals surface area contributed by atoms with E-state index in [0.717, 1.165) is 42.3 Å². The summed E-state index contributed by atoms with van der Waals surface area (Å²) in [6.07, 6.45) is 4.99. The summed E-state index contributed by atoms with van der Waals surface area (Å²) in [5.74, 6) is 2.10. The highest BCUT2D eigenvalue weighted by Crippen LogP contribution is 2.39.